The fraction of sp³-hybridized carbons (Fsp3) is 0.529. The van der Waals surface area contributed by atoms with Crippen molar-refractivity contribution in [2.45, 2.75) is 39.2 Å². The predicted molar refractivity (Wildman–Crippen MR) is 94.6 cm³/mol. The van der Waals surface area contributed by atoms with Crippen LogP contribution in [0.4, 0.5) is 5.95 Å². The molecule has 3 rings (SSSR count). The van der Waals surface area contributed by atoms with Crippen molar-refractivity contribution < 1.29 is 0 Å². The summed E-state index contributed by atoms with van der Waals surface area (Å²) in [7, 11) is 0. The van der Waals surface area contributed by atoms with Gasteiger partial charge in [-0.1, -0.05) is 25.4 Å². The molecule has 0 spiro atoms. The van der Waals surface area contributed by atoms with Crippen molar-refractivity contribution in [1.82, 2.24) is 19.5 Å². The molecule has 3 heterocycles. The predicted octanol–water partition coefficient (Wildman–Crippen LogP) is 2.73. The molecule has 1 aliphatic rings. The zero-order valence-corrected chi connectivity index (χ0v) is 14.8. The molecule has 0 aromatic carbocycles. The third-order valence-corrected chi connectivity index (χ3v) is 4.65. The van der Waals surface area contributed by atoms with Crippen LogP contribution < -0.4 is 10.5 Å². The summed E-state index contributed by atoms with van der Waals surface area (Å²) in [6, 6.07) is 1.65. The highest BCUT2D eigenvalue weighted by atomic mass is 35.5. The fourth-order valence-corrected chi connectivity index (χ4v) is 3.05. The van der Waals surface area contributed by atoms with Crippen LogP contribution in [0.1, 0.15) is 38.3 Å². The average Bonchev–Trinajstić information content (AvgIpc) is 2.58. The van der Waals surface area contributed by atoms with Crippen LogP contribution in [0.2, 0.25) is 5.02 Å². The van der Waals surface area contributed by atoms with Crippen molar-refractivity contribution in [1.29, 1.82) is 0 Å². The molecule has 0 radical (unpaired) electrons. The van der Waals surface area contributed by atoms with E-state index in [1.165, 1.54) is 0 Å². The Labute approximate surface area is 146 Å². The van der Waals surface area contributed by atoms with Crippen molar-refractivity contribution in [3.63, 3.8) is 0 Å². The minimum atomic E-state index is 0.0390. The van der Waals surface area contributed by atoms with Crippen molar-refractivity contribution in [2.75, 3.05) is 18.0 Å². The van der Waals surface area contributed by atoms with Gasteiger partial charge in [0.1, 0.15) is 0 Å². The first-order valence-corrected chi connectivity index (χ1v) is 8.69. The topological polar surface area (TPSA) is 63.9 Å². The van der Waals surface area contributed by atoms with Crippen LogP contribution in [-0.2, 0) is 6.54 Å². The number of hydrogen-bond acceptors (Lipinski definition) is 5. The number of nitrogens with zero attached hydrogens (tertiary/aromatic N) is 5. The third-order valence-electron chi connectivity index (χ3n) is 4.45. The minimum Gasteiger partial charge on any atom is -0.341 e. The fourth-order valence-electron chi connectivity index (χ4n) is 2.96. The molecule has 128 valence electrons. The zero-order chi connectivity index (χ0) is 17.1. The molecule has 0 atom stereocenters. The number of aromatic nitrogens is 4. The highest BCUT2D eigenvalue weighted by Gasteiger charge is 2.21. The lowest BCUT2D eigenvalue weighted by Gasteiger charge is -2.32. The van der Waals surface area contributed by atoms with E-state index >= 15 is 0 Å². The highest BCUT2D eigenvalue weighted by molar-refractivity contribution is 6.30. The van der Waals surface area contributed by atoms with Gasteiger partial charge in [-0.15, -0.1) is 0 Å². The number of hydrogen-bond donors (Lipinski definition) is 0. The molecule has 6 nitrogen and oxygen atoms in total. The van der Waals surface area contributed by atoms with Crippen LogP contribution >= 0.6 is 11.6 Å². The molecule has 1 aliphatic heterocycles. The summed E-state index contributed by atoms with van der Waals surface area (Å²) in [4.78, 5) is 27.3. The van der Waals surface area contributed by atoms with Gasteiger partial charge in [-0.05, 0) is 24.7 Å². The maximum atomic E-state index is 12.2. The van der Waals surface area contributed by atoms with E-state index < -0.39 is 0 Å². The lowest BCUT2D eigenvalue weighted by atomic mass is 9.97. The Bertz CT molecular complexity index is 735. The number of rotatable bonds is 4. The molecular weight excluding hydrogens is 326 g/mol. The molecule has 2 aromatic rings. The van der Waals surface area contributed by atoms with E-state index in [0.717, 1.165) is 44.1 Å². The first-order chi connectivity index (χ1) is 11.5. The van der Waals surface area contributed by atoms with Gasteiger partial charge in [0.15, 0.2) is 0 Å². The first-order valence-electron chi connectivity index (χ1n) is 8.32. The summed E-state index contributed by atoms with van der Waals surface area (Å²) < 4.78 is 1.73. The summed E-state index contributed by atoms with van der Waals surface area (Å²) in [6.45, 7) is 6.58. The Morgan fingerprint density at radius 3 is 2.46 bits per heavy atom. The van der Waals surface area contributed by atoms with Crippen LogP contribution in [-0.4, -0.2) is 32.6 Å². The van der Waals surface area contributed by atoms with E-state index in [1.54, 1.807) is 29.4 Å². The van der Waals surface area contributed by atoms with Gasteiger partial charge >= 0.3 is 0 Å². The van der Waals surface area contributed by atoms with Crippen molar-refractivity contribution in [3.05, 3.63) is 45.9 Å². The van der Waals surface area contributed by atoms with Gasteiger partial charge in [0.25, 0.3) is 5.56 Å². The largest absolute Gasteiger partial charge is 0.341 e. The van der Waals surface area contributed by atoms with E-state index in [9.17, 15) is 4.79 Å². The summed E-state index contributed by atoms with van der Waals surface area (Å²) in [5.74, 6) is 1.46. The van der Waals surface area contributed by atoms with Gasteiger partial charge in [-0.3, -0.25) is 9.36 Å². The van der Waals surface area contributed by atoms with Gasteiger partial charge in [-0.25, -0.2) is 15.0 Å². The second kappa shape index (κ2) is 7.30. The van der Waals surface area contributed by atoms with Gasteiger partial charge < -0.3 is 4.90 Å². The Kier molecular flexibility index (Phi) is 5.14. The molecule has 0 unspecified atom stereocenters. The summed E-state index contributed by atoms with van der Waals surface area (Å²) >= 11 is 5.83. The van der Waals surface area contributed by atoms with E-state index in [1.807, 2.05) is 13.8 Å². The van der Waals surface area contributed by atoms with Gasteiger partial charge in [0, 0.05) is 25.7 Å². The Balaban J connectivity index is 1.59. The third kappa shape index (κ3) is 3.93. The summed E-state index contributed by atoms with van der Waals surface area (Å²) in [6.07, 6.45) is 6.94. The Morgan fingerprint density at radius 2 is 1.88 bits per heavy atom. The second-order valence-corrected chi connectivity index (χ2v) is 7.03. The maximum Gasteiger partial charge on any atom is 0.253 e. The van der Waals surface area contributed by atoms with E-state index in [-0.39, 0.29) is 11.5 Å². The van der Waals surface area contributed by atoms with Crippen LogP contribution in [0.25, 0.3) is 0 Å². The standard InChI is InChI=1S/C17H22ClN5O/c1-12(2)15-7-16(24)23(11-21-15)10-13-3-5-22(6-4-13)17-19-8-14(18)9-20-17/h7-9,11-13H,3-6,10H2,1-2H3. The quantitative estimate of drug-likeness (QED) is 0.850. The molecule has 2 aromatic heterocycles. The van der Waals surface area contributed by atoms with Gasteiger partial charge in [-0.2, -0.15) is 0 Å². The maximum absolute atomic E-state index is 12.2. The Morgan fingerprint density at radius 1 is 1.21 bits per heavy atom. The molecular formula is C17H22ClN5O. The summed E-state index contributed by atoms with van der Waals surface area (Å²) in [5.41, 5.74) is 0.892. The smallest absolute Gasteiger partial charge is 0.253 e. The van der Waals surface area contributed by atoms with E-state index in [2.05, 4.69) is 19.9 Å². The zero-order valence-electron chi connectivity index (χ0n) is 14.0. The average molecular weight is 348 g/mol. The van der Waals surface area contributed by atoms with Crippen LogP contribution in [0.15, 0.2) is 29.6 Å². The SMILES string of the molecule is CC(C)c1cc(=O)n(CC2CCN(c3ncc(Cl)cn3)CC2)cn1. The lowest BCUT2D eigenvalue weighted by Crippen LogP contribution is -2.37. The molecule has 0 bridgehead atoms. The molecule has 7 heteroatoms. The number of piperidine rings is 1. The van der Waals surface area contributed by atoms with Crippen molar-refractivity contribution in [3.8, 4) is 0 Å². The molecule has 0 saturated carbocycles. The highest BCUT2D eigenvalue weighted by Crippen LogP contribution is 2.22. The van der Waals surface area contributed by atoms with Crippen LogP contribution in [0.3, 0.4) is 0 Å². The first kappa shape index (κ1) is 16.9. The number of halogens is 1. The monoisotopic (exact) mass is 347 g/mol. The van der Waals surface area contributed by atoms with Crippen molar-refractivity contribution >= 4 is 17.5 Å². The van der Waals surface area contributed by atoms with Crippen LogP contribution in [0, 0.1) is 5.92 Å². The molecule has 0 N–H and O–H groups in total. The normalized spacial score (nSPS) is 15.9. The Hall–Kier alpha value is -1.95. The summed E-state index contributed by atoms with van der Waals surface area (Å²) in [5, 5.41) is 0.547. The van der Waals surface area contributed by atoms with Gasteiger partial charge in [0.05, 0.1) is 29.4 Å². The second-order valence-electron chi connectivity index (χ2n) is 6.59. The van der Waals surface area contributed by atoms with Crippen LogP contribution in [0.5, 0.6) is 0 Å². The molecule has 0 amide bonds. The minimum absolute atomic E-state index is 0.0390. The molecule has 24 heavy (non-hydrogen) atoms. The van der Waals surface area contributed by atoms with E-state index in [0.29, 0.717) is 10.9 Å². The van der Waals surface area contributed by atoms with E-state index in [4.69, 9.17) is 11.6 Å². The molecule has 0 aliphatic carbocycles. The molecule has 1 saturated heterocycles. The number of anilines is 1. The lowest BCUT2D eigenvalue weighted by molar-refractivity contribution is 0.348. The van der Waals surface area contributed by atoms with Crippen molar-refractivity contribution in [2.24, 2.45) is 5.92 Å². The van der Waals surface area contributed by atoms with Gasteiger partial charge in [0.2, 0.25) is 5.95 Å². The molecule has 1 fully saturated rings.